The molecular weight excluding hydrogens is 374 g/mol. The summed E-state index contributed by atoms with van der Waals surface area (Å²) in [5.41, 5.74) is 5.80. The molecule has 2 rings (SSSR count). The molecule has 2 amide bonds. The van der Waals surface area contributed by atoms with Gasteiger partial charge >= 0.3 is 0 Å². The van der Waals surface area contributed by atoms with Gasteiger partial charge in [0.15, 0.2) is 5.75 Å². The second-order valence-electron chi connectivity index (χ2n) is 6.08. The normalized spacial score (nSPS) is 14.6. The highest BCUT2D eigenvalue weighted by Crippen LogP contribution is 2.33. The second-order valence-corrected chi connectivity index (χ2v) is 6.48. The highest BCUT2D eigenvalue weighted by molar-refractivity contribution is 6.32. The van der Waals surface area contributed by atoms with Gasteiger partial charge in [0, 0.05) is 5.92 Å². The molecule has 0 aromatic heterocycles. The van der Waals surface area contributed by atoms with E-state index in [1.165, 1.54) is 0 Å². The third-order valence-corrected chi connectivity index (χ3v) is 4.31. The summed E-state index contributed by atoms with van der Waals surface area (Å²) in [5, 5.41) is 10.3. The van der Waals surface area contributed by atoms with Crippen LogP contribution in [0.3, 0.4) is 0 Å². The molecular formula is C18H26ClN3O5. The summed E-state index contributed by atoms with van der Waals surface area (Å²) in [6.07, 6.45) is 2.26. The maximum absolute atomic E-state index is 12.5. The Morgan fingerprint density at radius 2 is 2.04 bits per heavy atom. The summed E-state index contributed by atoms with van der Waals surface area (Å²) in [7, 11) is 0. The van der Waals surface area contributed by atoms with E-state index in [2.05, 4.69) is 5.32 Å². The van der Waals surface area contributed by atoms with E-state index >= 15 is 0 Å². The molecule has 0 aliphatic carbocycles. The predicted molar refractivity (Wildman–Crippen MR) is 103 cm³/mol. The van der Waals surface area contributed by atoms with Crippen molar-refractivity contribution in [3.05, 3.63) is 23.2 Å². The van der Waals surface area contributed by atoms with Crippen molar-refractivity contribution in [2.75, 3.05) is 31.6 Å². The molecule has 1 aromatic rings. The van der Waals surface area contributed by atoms with Crippen LogP contribution in [-0.2, 0) is 14.4 Å². The predicted octanol–water partition coefficient (Wildman–Crippen LogP) is 1.97. The molecule has 4 N–H and O–H groups in total. The summed E-state index contributed by atoms with van der Waals surface area (Å²) in [6, 6.07) is 5.31. The Morgan fingerprint density at radius 3 is 2.59 bits per heavy atom. The van der Waals surface area contributed by atoms with Gasteiger partial charge in [-0.3, -0.25) is 19.3 Å². The van der Waals surface area contributed by atoms with Crippen LogP contribution in [0.15, 0.2) is 18.2 Å². The lowest BCUT2D eigenvalue weighted by molar-refractivity contribution is -0.123. The Bertz CT molecular complexity index is 633. The molecule has 0 unspecified atom stereocenters. The molecule has 8 nitrogen and oxygen atoms in total. The van der Waals surface area contributed by atoms with Gasteiger partial charge in [-0.15, -0.1) is 0 Å². The highest BCUT2D eigenvalue weighted by atomic mass is 35.5. The maximum atomic E-state index is 12.5. The van der Waals surface area contributed by atoms with Gasteiger partial charge in [-0.2, -0.15) is 0 Å². The number of amides is 2. The second kappa shape index (κ2) is 12.1. The molecule has 1 aliphatic heterocycles. The monoisotopic (exact) mass is 399 g/mol. The number of ether oxygens (including phenoxy) is 1. The fourth-order valence-corrected chi connectivity index (χ4v) is 3.00. The summed E-state index contributed by atoms with van der Waals surface area (Å²) < 4.78 is 5.66. The molecule has 1 heterocycles. The number of benzene rings is 1. The molecule has 0 saturated carbocycles. The van der Waals surface area contributed by atoms with Crippen molar-refractivity contribution in [2.24, 2.45) is 11.7 Å². The number of halogens is 1. The molecule has 1 aromatic carbocycles. The SMILES string of the molecule is CCCOc1c(Cl)cccc1NC(=O)C1CCN(CC(N)=O)CC1.O=CO. The maximum Gasteiger partial charge on any atom is 0.290 e. The third kappa shape index (κ3) is 7.84. The van der Waals surface area contributed by atoms with Crippen LogP contribution in [0.1, 0.15) is 26.2 Å². The lowest BCUT2D eigenvalue weighted by atomic mass is 9.95. The first-order valence-electron chi connectivity index (χ1n) is 8.73. The minimum atomic E-state index is -0.338. The van der Waals surface area contributed by atoms with E-state index in [9.17, 15) is 9.59 Å². The molecule has 27 heavy (non-hydrogen) atoms. The molecule has 0 bridgehead atoms. The quantitative estimate of drug-likeness (QED) is 0.602. The van der Waals surface area contributed by atoms with Crippen LogP contribution in [0.5, 0.6) is 5.75 Å². The van der Waals surface area contributed by atoms with Crippen LogP contribution in [0.2, 0.25) is 5.02 Å². The van der Waals surface area contributed by atoms with Crippen molar-refractivity contribution in [2.45, 2.75) is 26.2 Å². The first-order valence-corrected chi connectivity index (χ1v) is 9.11. The molecule has 0 atom stereocenters. The molecule has 1 fully saturated rings. The summed E-state index contributed by atoms with van der Waals surface area (Å²) in [5.74, 6) is 0.0412. The van der Waals surface area contributed by atoms with Gasteiger partial charge in [-0.25, -0.2) is 0 Å². The number of para-hydroxylation sites is 1. The lowest BCUT2D eigenvalue weighted by Crippen LogP contribution is -2.42. The zero-order valence-electron chi connectivity index (χ0n) is 15.3. The Balaban J connectivity index is 0.00000114. The standard InChI is InChI=1S/C17H24ClN3O3.CH2O2/c1-2-10-24-16-13(18)4-3-5-14(16)20-17(23)12-6-8-21(9-7-12)11-15(19)22;2-1-3/h3-5,12H,2,6-11H2,1H3,(H2,19,22)(H,20,23);1H,(H,2,3). The van der Waals surface area contributed by atoms with E-state index < -0.39 is 0 Å². The van der Waals surface area contributed by atoms with Crippen molar-refractivity contribution < 1.29 is 24.2 Å². The van der Waals surface area contributed by atoms with Gasteiger partial charge in [0.05, 0.1) is 23.9 Å². The van der Waals surface area contributed by atoms with Crippen LogP contribution < -0.4 is 15.8 Å². The van der Waals surface area contributed by atoms with E-state index in [4.69, 9.17) is 32.0 Å². The van der Waals surface area contributed by atoms with Crippen molar-refractivity contribution >= 4 is 35.6 Å². The van der Waals surface area contributed by atoms with Gasteiger partial charge in [-0.05, 0) is 44.5 Å². The average Bonchev–Trinajstić information content (AvgIpc) is 2.62. The van der Waals surface area contributed by atoms with Crippen LogP contribution in [-0.4, -0.2) is 54.5 Å². The van der Waals surface area contributed by atoms with E-state index in [1.807, 2.05) is 11.8 Å². The zero-order chi connectivity index (χ0) is 20.2. The van der Waals surface area contributed by atoms with Crippen LogP contribution >= 0.6 is 11.6 Å². The zero-order valence-corrected chi connectivity index (χ0v) is 16.1. The van der Waals surface area contributed by atoms with Gasteiger partial charge in [0.1, 0.15) is 0 Å². The number of hydrogen-bond acceptors (Lipinski definition) is 5. The van der Waals surface area contributed by atoms with Crippen molar-refractivity contribution in [1.29, 1.82) is 0 Å². The fourth-order valence-electron chi connectivity index (χ4n) is 2.77. The number of nitrogens with zero attached hydrogens (tertiary/aromatic N) is 1. The Kier molecular flexibility index (Phi) is 10.2. The topological polar surface area (TPSA) is 122 Å². The fraction of sp³-hybridized carbons (Fsp3) is 0.500. The number of anilines is 1. The number of primary amides is 1. The summed E-state index contributed by atoms with van der Waals surface area (Å²) in [6.45, 7) is 3.93. The van der Waals surface area contributed by atoms with Gasteiger partial charge in [0.25, 0.3) is 6.47 Å². The minimum Gasteiger partial charge on any atom is -0.490 e. The average molecular weight is 400 g/mol. The number of nitrogens with two attached hydrogens (primary N) is 1. The first-order chi connectivity index (χ1) is 12.9. The van der Waals surface area contributed by atoms with Crippen LogP contribution in [0.4, 0.5) is 5.69 Å². The summed E-state index contributed by atoms with van der Waals surface area (Å²) >= 11 is 6.18. The number of carbonyl (C=O) groups is 3. The molecule has 1 saturated heterocycles. The van der Waals surface area contributed by atoms with E-state index in [0.29, 0.717) is 49.0 Å². The number of rotatable bonds is 7. The van der Waals surface area contributed by atoms with Crippen molar-refractivity contribution in [3.8, 4) is 5.75 Å². The lowest BCUT2D eigenvalue weighted by Gasteiger charge is -2.30. The highest BCUT2D eigenvalue weighted by Gasteiger charge is 2.26. The van der Waals surface area contributed by atoms with Gasteiger partial charge < -0.3 is 20.9 Å². The van der Waals surface area contributed by atoms with Crippen LogP contribution in [0, 0.1) is 5.92 Å². The molecule has 1 aliphatic rings. The number of nitrogens with one attached hydrogen (secondary N) is 1. The van der Waals surface area contributed by atoms with Crippen molar-refractivity contribution in [1.82, 2.24) is 4.90 Å². The Hall–Kier alpha value is -2.32. The number of likely N-dealkylation sites (tertiary alicyclic amines) is 1. The van der Waals surface area contributed by atoms with E-state index in [1.54, 1.807) is 18.2 Å². The van der Waals surface area contributed by atoms with E-state index in [0.717, 1.165) is 6.42 Å². The van der Waals surface area contributed by atoms with Crippen molar-refractivity contribution in [3.63, 3.8) is 0 Å². The largest absolute Gasteiger partial charge is 0.490 e. The smallest absolute Gasteiger partial charge is 0.290 e. The molecule has 0 spiro atoms. The number of carbonyl (C=O) groups excluding carboxylic acids is 2. The molecule has 0 radical (unpaired) electrons. The minimum absolute atomic E-state index is 0.0441. The van der Waals surface area contributed by atoms with Gasteiger partial charge in [-0.1, -0.05) is 24.6 Å². The number of hydrogen-bond donors (Lipinski definition) is 3. The number of piperidine rings is 1. The molecule has 150 valence electrons. The molecule has 9 heteroatoms. The first kappa shape index (κ1) is 22.7. The Morgan fingerprint density at radius 1 is 1.41 bits per heavy atom. The van der Waals surface area contributed by atoms with Crippen LogP contribution in [0.25, 0.3) is 0 Å². The van der Waals surface area contributed by atoms with E-state index in [-0.39, 0.29) is 30.7 Å². The van der Waals surface area contributed by atoms with Gasteiger partial charge in [0.2, 0.25) is 11.8 Å². The third-order valence-electron chi connectivity index (χ3n) is 4.01. The number of carboxylic acid groups (broad SMARTS) is 1. The Labute approximate surface area is 163 Å². The summed E-state index contributed by atoms with van der Waals surface area (Å²) in [4.78, 5) is 33.8.